The summed E-state index contributed by atoms with van der Waals surface area (Å²) in [6, 6.07) is 4.73. The molecule has 1 aliphatic carbocycles. The van der Waals surface area contributed by atoms with Crippen molar-refractivity contribution < 1.29 is 9.50 Å². The van der Waals surface area contributed by atoms with Gasteiger partial charge in [0.15, 0.2) is 0 Å². The summed E-state index contributed by atoms with van der Waals surface area (Å²) in [4.78, 5) is 0. The zero-order valence-corrected chi connectivity index (χ0v) is 8.83. The molecule has 1 fully saturated rings. The molecule has 0 atom stereocenters. The predicted octanol–water partition coefficient (Wildman–Crippen LogP) is 2.42. The van der Waals surface area contributed by atoms with Gasteiger partial charge < -0.3 is 10.4 Å². The van der Waals surface area contributed by atoms with E-state index >= 15 is 0 Å². The topological polar surface area (TPSA) is 32.3 Å². The van der Waals surface area contributed by atoms with E-state index in [1.54, 1.807) is 6.07 Å². The molecule has 82 valence electrons. The Morgan fingerprint density at radius 3 is 2.73 bits per heavy atom. The van der Waals surface area contributed by atoms with Crippen molar-refractivity contribution in [3.8, 4) is 5.75 Å². The molecule has 0 amide bonds. The van der Waals surface area contributed by atoms with Crippen LogP contribution in [0.1, 0.15) is 25.3 Å². The Bertz CT molecular complexity index is 327. The maximum Gasteiger partial charge on any atom is 0.127 e. The third-order valence-electron chi connectivity index (χ3n) is 2.91. The van der Waals surface area contributed by atoms with Crippen molar-refractivity contribution in [1.82, 2.24) is 5.32 Å². The highest BCUT2D eigenvalue weighted by Crippen LogP contribution is 2.26. The molecule has 0 aliphatic heterocycles. The van der Waals surface area contributed by atoms with Gasteiger partial charge in [0.2, 0.25) is 0 Å². The molecule has 1 saturated carbocycles. The van der Waals surface area contributed by atoms with E-state index in [0.29, 0.717) is 12.6 Å². The van der Waals surface area contributed by atoms with Crippen molar-refractivity contribution in [2.45, 2.75) is 32.4 Å². The van der Waals surface area contributed by atoms with Crippen LogP contribution in [0.25, 0.3) is 0 Å². The fourth-order valence-electron chi connectivity index (χ4n) is 2.07. The van der Waals surface area contributed by atoms with Crippen molar-refractivity contribution in [3.63, 3.8) is 0 Å². The molecular formula is C12H16FNO. The van der Waals surface area contributed by atoms with Crippen LogP contribution in [0, 0.1) is 11.7 Å². The molecule has 2 nitrogen and oxygen atoms in total. The second-order valence-corrected chi connectivity index (χ2v) is 4.47. The largest absolute Gasteiger partial charge is 0.508 e. The predicted molar refractivity (Wildman–Crippen MR) is 57.1 cm³/mol. The molecule has 0 bridgehead atoms. The van der Waals surface area contributed by atoms with Crippen LogP contribution >= 0.6 is 0 Å². The van der Waals surface area contributed by atoms with Crippen molar-refractivity contribution in [1.29, 1.82) is 0 Å². The lowest BCUT2D eigenvalue weighted by atomic mass is 9.82. The molecule has 0 aromatic heterocycles. The van der Waals surface area contributed by atoms with E-state index in [0.717, 1.165) is 17.5 Å². The summed E-state index contributed by atoms with van der Waals surface area (Å²) < 4.78 is 12.9. The second-order valence-electron chi connectivity index (χ2n) is 4.47. The summed E-state index contributed by atoms with van der Waals surface area (Å²) >= 11 is 0. The van der Waals surface area contributed by atoms with Gasteiger partial charge >= 0.3 is 0 Å². The van der Waals surface area contributed by atoms with Crippen molar-refractivity contribution >= 4 is 0 Å². The number of benzene rings is 1. The molecule has 0 heterocycles. The van der Waals surface area contributed by atoms with E-state index in [9.17, 15) is 9.50 Å². The number of aromatic hydroxyl groups is 1. The fraction of sp³-hybridized carbons (Fsp3) is 0.500. The zero-order valence-electron chi connectivity index (χ0n) is 8.83. The first-order valence-electron chi connectivity index (χ1n) is 5.35. The van der Waals surface area contributed by atoms with Gasteiger partial charge in [-0.2, -0.15) is 0 Å². The van der Waals surface area contributed by atoms with Crippen LogP contribution in [-0.2, 0) is 6.54 Å². The first kappa shape index (κ1) is 10.4. The second kappa shape index (κ2) is 4.19. The lowest BCUT2D eigenvalue weighted by molar-refractivity contribution is 0.240. The molecule has 0 radical (unpaired) electrons. The summed E-state index contributed by atoms with van der Waals surface area (Å²) in [5, 5.41) is 12.5. The third-order valence-corrected chi connectivity index (χ3v) is 2.91. The highest BCUT2D eigenvalue weighted by atomic mass is 19.1. The summed E-state index contributed by atoms with van der Waals surface area (Å²) in [7, 11) is 0. The SMILES string of the molecule is CC1CC(NCc2cc(O)cc(F)c2)C1. The minimum atomic E-state index is -0.381. The van der Waals surface area contributed by atoms with Gasteiger partial charge in [0.05, 0.1) is 0 Å². The van der Waals surface area contributed by atoms with Crippen LogP contribution in [-0.4, -0.2) is 11.1 Å². The lowest BCUT2D eigenvalue weighted by Gasteiger charge is -2.33. The number of nitrogens with one attached hydrogen (secondary N) is 1. The van der Waals surface area contributed by atoms with Gasteiger partial charge in [-0.15, -0.1) is 0 Å². The van der Waals surface area contributed by atoms with Gasteiger partial charge in [-0.05, 0) is 36.5 Å². The molecule has 0 spiro atoms. The van der Waals surface area contributed by atoms with Crippen LogP contribution in [0.2, 0.25) is 0 Å². The Hall–Kier alpha value is -1.09. The molecule has 15 heavy (non-hydrogen) atoms. The van der Waals surface area contributed by atoms with Crippen LogP contribution < -0.4 is 5.32 Å². The van der Waals surface area contributed by atoms with Gasteiger partial charge in [0.25, 0.3) is 0 Å². The van der Waals surface area contributed by atoms with E-state index in [-0.39, 0.29) is 11.6 Å². The van der Waals surface area contributed by atoms with Gasteiger partial charge in [-0.25, -0.2) is 4.39 Å². The number of halogens is 1. The van der Waals surface area contributed by atoms with E-state index in [2.05, 4.69) is 12.2 Å². The smallest absolute Gasteiger partial charge is 0.127 e. The van der Waals surface area contributed by atoms with E-state index in [1.807, 2.05) is 0 Å². The Morgan fingerprint density at radius 2 is 2.13 bits per heavy atom. The zero-order chi connectivity index (χ0) is 10.8. The number of phenols is 1. The van der Waals surface area contributed by atoms with Gasteiger partial charge in [0, 0.05) is 18.7 Å². The molecule has 0 unspecified atom stereocenters. The highest BCUT2D eigenvalue weighted by molar-refractivity contribution is 5.28. The molecule has 1 aromatic rings. The number of hydrogen-bond donors (Lipinski definition) is 2. The van der Waals surface area contributed by atoms with Crippen LogP contribution in [0.5, 0.6) is 5.75 Å². The highest BCUT2D eigenvalue weighted by Gasteiger charge is 2.24. The molecule has 1 aromatic carbocycles. The van der Waals surface area contributed by atoms with E-state index in [1.165, 1.54) is 18.9 Å². The number of phenolic OH excluding ortho intramolecular Hbond substituents is 1. The maximum absolute atomic E-state index is 12.9. The van der Waals surface area contributed by atoms with Crippen molar-refractivity contribution in [2.75, 3.05) is 0 Å². The summed E-state index contributed by atoms with van der Waals surface area (Å²) in [5.74, 6) is 0.422. The summed E-state index contributed by atoms with van der Waals surface area (Å²) in [6.45, 7) is 2.86. The molecule has 0 saturated heterocycles. The van der Waals surface area contributed by atoms with Gasteiger partial charge in [0.1, 0.15) is 11.6 Å². The molecular weight excluding hydrogens is 193 g/mol. The third kappa shape index (κ3) is 2.69. The quantitative estimate of drug-likeness (QED) is 0.801. The minimum Gasteiger partial charge on any atom is -0.508 e. The molecule has 2 rings (SSSR count). The van der Waals surface area contributed by atoms with Gasteiger partial charge in [-0.1, -0.05) is 6.92 Å². The Kier molecular flexibility index (Phi) is 2.91. The summed E-state index contributed by atoms with van der Waals surface area (Å²) in [5.41, 5.74) is 0.798. The Morgan fingerprint density at radius 1 is 1.40 bits per heavy atom. The number of rotatable bonds is 3. The van der Waals surface area contributed by atoms with Crippen LogP contribution in [0.15, 0.2) is 18.2 Å². The summed E-state index contributed by atoms with van der Waals surface area (Å²) in [6.07, 6.45) is 2.39. The number of hydrogen-bond acceptors (Lipinski definition) is 2. The van der Waals surface area contributed by atoms with Crippen molar-refractivity contribution in [3.05, 3.63) is 29.6 Å². The lowest BCUT2D eigenvalue weighted by Crippen LogP contribution is -2.39. The minimum absolute atomic E-state index is 0.00576. The monoisotopic (exact) mass is 209 g/mol. The average Bonchev–Trinajstić information content (AvgIpc) is 2.09. The molecule has 1 aliphatic rings. The van der Waals surface area contributed by atoms with Crippen molar-refractivity contribution in [2.24, 2.45) is 5.92 Å². The van der Waals surface area contributed by atoms with E-state index in [4.69, 9.17) is 0 Å². The van der Waals surface area contributed by atoms with Gasteiger partial charge in [-0.3, -0.25) is 0 Å². The first-order valence-corrected chi connectivity index (χ1v) is 5.35. The molecule has 3 heteroatoms. The first-order chi connectivity index (χ1) is 7.13. The normalized spacial score (nSPS) is 24.9. The van der Waals surface area contributed by atoms with Crippen LogP contribution in [0.4, 0.5) is 4.39 Å². The Balaban J connectivity index is 1.88. The van der Waals surface area contributed by atoms with E-state index < -0.39 is 0 Å². The fourth-order valence-corrected chi connectivity index (χ4v) is 2.07. The molecule has 2 N–H and O–H groups in total. The standard InChI is InChI=1S/C12H16FNO/c1-8-2-11(3-8)14-7-9-4-10(13)6-12(15)5-9/h4-6,8,11,14-15H,2-3,7H2,1H3. The van der Waals surface area contributed by atoms with Crippen LogP contribution in [0.3, 0.4) is 0 Å². The maximum atomic E-state index is 12.9. The average molecular weight is 209 g/mol. The Labute approximate surface area is 89.1 Å².